The van der Waals surface area contributed by atoms with Gasteiger partial charge in [0.25, 0.3) is 0 Å². The topological polar surface area (TPSA) is 66.8 Å². The molecule has 5 nitrogen and oxygen atoms in total. The van der Waals surface area contributed by atoms with E-state index in [4.69, 9.17) is 5.11 Å². The summed E-state index contributed by atoms with van der Waals surface area (Å²) < 4.78 is 66.2. The first-order valence-corrected chi connectivity index (χ1v) is 4.65. The Labute approximate surface area is 97.1 Å². The van der Waals surface area contributed by atoms with E-state index in [2.05, 4.69) is 4.74 Å². The molecule has 1 heterocycles. The first-order chi connectivity index (χ1) is 8.09. The van der Waals surface area contributed by atoms with Crippen LogP contribution in [0.5, 0.6) is 0 Å². The Morgan fingerprint density at radius 3 is 2.22 bits per heavy atom. The molecule has 1 rings (SSSR count). The van der Waals surface area contributed by atoms with E-state index in [0.29, 0.717) is 0 Å². The summed E-state index contributed by atoms with van der Waals surface area (Å²) in [4.78, 5) is 21.7. The van der Waals surface area contributed by atoms with Gasteiger partial charge in [-0.2, -0.15) is 22.0 Å². The number of alkyl halides is 5. The monoisotopic (exact) mass is 277 g/mol. The smallest absolute Gasteiger partial charge is 0.463 e. The summed E-state index contributed by atoms with van der Waals surface area (Å²) >= 11 is 0. The van der Waals surface area contributed by atoms with Crippen LogP contribution in [0.1, 0.15) is 0 Å². The minimum Gasteiger partial charge on any atom is -0.480 e. The molecule has 0 aromatic rings. The van der Waals surface area contributed by atoms with Gasteiger partial charge < -0.3 is 14.7 Å². The number of rotatable bonds is 2. The third-order valence-electron chi connectivity index (χ3n) is 2.30. The number of amides is 1. The number of hydrogen-bond acceptors (Lipinski definition) is 3. The van der Waals surface area contributed by atoms with E-state index in [1.165, 1.54) is 0 Å². The van der Waals surface area contributed by atoms with E-state index < -0.39 is 43.2 Å². The second kappa shape index (κ2) is 4.67. The lowest BCUT2D eigenvalue weighted by Gasteiger charge is -2.35. The molecule has 1 N–H and O–H groups in total. The van der Waals surface area contributed by atoms with Crippen LogP contribution in [-0.2, 0) is 14.3 Å². The van der Waals surface area contributed by atoms with Crippen LogP contribution in [0.3, 0.4) is 0 Å². The second-order valence-corrected chi connectivity index (χ2v) is 3.50. The average Bonchev–Trinajstić information content (AvgIpc) is 2.26. The molecule has 0 saturated carbocycles. The Morgan fingerprint density at radius 2 is 1.78 bits per heavy atom. The van der Waals surface area contributed by atoms with Gasteiger partial charge in [0.1, 0.15) is 0 Å². The summed E-state index contributed by atoms with van der Waals surface area (Å²) in [6.07, 6.45) is -6.06. The van der Waals surface area contributed by atoms with Crippen molar-refractivity contribution >= 4 is 11.9 Å². The van der Waals surface area contributed by atoms with Crippen LogP contribution in [-0.4, -0.2) is 59.8 Å². The van der Waals surface area contributed by atoms with Crippen LogP contribution in [0.4, 0.5) is 22.0 Å². The predicted octanol–water partition coefficient (Wildman–Crippen LogP) is 0.496. The zero-order valence-electron chi connectivity index (χ0n) is 8.71. The summed E-state index contributed by atoms with van der Waals surface area (Å²) in [5.74, 6) is -9.90. The van der Waals surface area contributed by atoms with Gasteiger partial charge in [-0.25, -0.2) is 4.79 Å². The van der Waals surface area contributed by atoms with Gasteiger partial charge >= 0.3 is 24.0 Å². The van der Waals surface area contributed by atoms with Gasteiger partial charge in [-0.05, 0) is 0 Å². The molecule has 1 unspecified atom stereocenters. The highest BCUT2D eigenvalue weighted by atomic mass is 19.4. The lowest BCUT2D eigenvalue weighted by Crippen LogP contribution is -2.60. The minimum absolute atomic E-state index is 0.0284. The number of nitrogens with zero attached hydrogens (tertiary/aromatic N) is 1. The highest BCUT2D eigenvalue weighted by Gasteiger charge is 2.65. The molecule has 0 radical (unpaired) electrons. The van der Waals surface area contributed by atoms with E-state index in [9.17, 15) is 31.5 Å². The van der Waals surface area contributed by atoms with Gasteiger partial charge in [-0.15, -0.1) is 0 Å². The number of hydrogen-bond donors (Lipinski definition) is 1. The maximum atomic E-state index is 12.8. The van der Waals surface area contributed by atoms with Crippen molar-refractivity contribution in [3.8, 4) is 0 Å². The second-order valence-electron chi connectivity index (χ2n) is 3.50. The van der Waals surface area contributed by atoms with Gasteiger partial charge in [0.05, 0.1) is 13.2 Å². The molecule has 104 valence electrons. The lowest BCUT2D eigenvalue weighted by molar-refractivity contribution is -0.276. The van der Waals surface area contributed by atoms with Gasteiger partial charge in [0, 0.05) is 6.54 Å². The number of morpholine rings is 1. The molecule has 1 atom stereocenters. The highest BCUT2D eigenvalue weighted by molar-refractivity contribution is 5.89. The molecule has 1 saturated heterocycles. The number of carbonyl (C=O) groups excluding carboxylic acids is 1. The summed E-state index contributed by atoms with van der Waals surface area (Å²) in [6, 6.07) is -1.85. The SMILES string of the molecule is O=C(O)C1COCCN1C(=O)C(F)(F)C(F)(F)F. The molecular weight excluding hydrogens is 269 g/mol. The molecule has 0 spiro atoms. The number of carbonyl (C=O) groups is 2. The average molecular weight is 277 g/mol. The molecule has 0 bridgehead atoms. The first-order valence-electron chi connectivity index (χ1n) is 4.65. The van der Waals surface area contributed by atoms with Crippen molar-refractivity contribution in [1.82, 2.24) is 4.90 Å². The fourth-order valence-electron chi connectivity index (χ4n) is 1.35. The molecule has 1 aliphatic rings. The summed E-state index contributed by atoms with van der Waals surface area (Å²) in [7, 11) is 0. The summed E-state index contributed by atoms with van der Waals surface area (Å²) in [5, 5.41) is 8.63. The van der Waals surface area contributed by atoms with Crippen molar-refractivity contribution in [2.24, 2.45) is 0 Å². The van der Waals surface area contributed by atoms with Crippen molar-refractivity contribution < 1.29 is 41.4 Å². The molecule has 0 aliphatic carbocycles. The Bertz CT molecular complexity index is 356. The molecule has 10 heteroatoms. The van der Waals surface area contributed by atoms with Crippen molar-refractivity contribution in [3.63, 3.8) is 0 Å². The molecule has 1 aliphatic heterocycles. The molecule has 18 heavy (non-hydrogen) atoms. The minimum atomic E-state index is -6.06. The Morgan fingerprint density at radius 1 is 1.22 bits per heavy atom. The van der Waals surface area contributed by atoms with Gasteiger partial charge in [-0.3, -0.25) is 4.79 Å². The predicted molar refractivity (Wildman–Crippen MR) is 45.0 cm³/mol. The summed E-state index contributed by atoms with van der Waals surface area (Å²) in [5.41, 5.74) is 0. The van der Waals surface area contributed by atoms with Crippen LogP contribution >= 0.6 is 0 Å². The number of aliphatic carboxylic acids is 1. The quantitative estimate of drug-likeness (QED) is 0.746. The summed E-state index contributed by atoms with van der Waals surface area (Å²) in [6.45, 7) is -1.57. The Hall–Kier alpha value is -1.45. The van der Waals surface area contributed by atoms with Crippen LogP contribution in [0.25, 0.3) is 0 Å². The molecule has 1 fully saturated rings. The normalized spacial score (nSPS) is 21.8. The standard InChI is InChI=1S/C8H8F5NO4/c9-7(10,8(11,12)13)6(17)14-1-2-18-3-4(14)5(15)16/h4H,1-3H2,(H,15,16). The fourth-order valence-corrected chi connectivity index (χ4v) is 1.35. The number of halogens is 5. The van der Waals surface area contributed by atoms with Crippen molar-refractivity contribution in [2.75, 3.05) is 19.8 Å². The molecule has 0 aromatic carbocycles. The largest absolute Gasteiger partial charge is 0.480 e. The zero-order valence-corrected chi connectivity index (χ0v) is 8.71. The van der Waals surface area contributed by atoms with Crippen LogP contribution in [0.2, 0.25) is 0 Å². The number of carboxylic acids is 1. The zero-order chi connectivity index (χ0) is 14.1. The highest BCUT2D eigenvalue weighted by Crippen LogP contribution is 2.37. The van der Waals surface area contributed by atoms with Gasteiger partial charge in [-0.1, -0.05) is 0 Å². The van der Waals surface area contributed by atoms with Crippen LogP contribution in [0, 0.1) is 0 Å². The van der Waals surface area contributed by atoms with Crippen molar-refractivity contribution in [3.05, 3.63) is 0 Å². The van der Waals surface area contributed by atoms with Gasteiger partial charge in [0.15, 0.2) is 6.04 Å². The number of carboxylic acid groups (broad SMARTS) is 1. The van der Waals surface area contributed by atoms with E-state index in [0.717, 1.165) is 0 Å². The van der Waals surface area contributed by atoms with Crippen molar-refractivity contribution in [2.45, 2.75) is 18.1 Å². The lowest BCUT2D eigenvalue weighted by atomic mass is 10.2. The van der Waals surface area contributed by atoms with Crippen molar-refractivity contribution in [1.29, 1.82) is 0 Å². The maximum absolute atomic E-state index is 12.8. The van der Waals surface area contributed by atoms with Crippen LogP contribution < -0.4 is 0 Å². The van der Waals surface area contributed by atoms with Gasteiger partial charge in [0.2, 0.25) is 0 Å². The van der Waals surface area contributed by atoms with E-state index in [-0.39, 0.29) is 11.5 Å². The van der Waals surface area contributed by atoms with E-state index in [1.807, 2.05) is 0 Å². The van der Waals surface area contributed by atoms with Crippen LogP contribution in [0.15, 0.2) is 0 Å². The fraction of sp³-hybridized carbons (Fsp3) is 0.750. The van der Waals surface area contributed by atoms with E-state index in [1.54, 1.807) is 0 Å². The third kappa shape index (κ3) is 2.52. The molecular formula is C8H8F5NO4. The first kappa shape index (κ1) is 14.6. The number of ether oxygens (including phenoxy) is 1. The molecule has 0 aromatic heterocycles. The van der Waals surface area contributed by atoms with E-state index >= 15 is 0 Å². The maximum Gasteiger partial charge on any atom is 0.463 e. The Kier molecular flexibility index (Phi) is 3.79. The molecule has 1 amide bonds. The third-order valence-corrected chi connectivity index (χ3v) is 2.30. The Balaban J connectivity index is 2.97.